The van der Waals surface area contributed by atoms with Crippen LogP contribution in [0.4, 0.5) is 13.2 Å². The lowest BCUT2D eigenvalue weighted by Gasteiger charge is -2.14. The van der Waals surface area contributed by atoms with Crippen molar-refractivity contribution >= 4 is 11.6 Å². The highest BCUT2D eigenvalue weighted by Crippen LogP contribution is 2.34. The van der Waals surface area contributed by atoms with Crippen molar-refractivity contribution in [3.8, 4) is 11.6 Å². The van der Waals surface area contributed by atoms with Crippen molar-refractivity contribution in [2.24, 2.45) is 0 Å². The van der Waals surface area contributed by atoms with E-state index >= 15 is 0 Å². The van der Waals surface area contributed by atoms with Crippen LogP contribution in [0.1, 0.15) is 30.9 Å². The van der Waals surface area contributed by atoms with Gasteiger partial charge in [0.15, 0.2) is 11.6 Å². The van der Waals surface area contributed by atoms with Gasteiger partial charge in [0.05, 0.1) is 0 Å². The quantitative estimate of drug-likeness (QED) is 0.710. The normalized spacial score (nSPS) is 11.0. The molecule has 0 atom stereocenters. The molecule has 0 saturated heterocycles. The first kappa shape index (κ1) is 15.6. The maximum Gasteiger partial charge on any atom is 0.258 e. The highest BCUT2D eigenvalue weighted by atomic mass is 35.5. The third kappa shape index (κ3) is 3.29. The zero-order valence-electron chi connectivity index (χ0n) is 11.7. The van der Waals surface area contributed by atoms with Gasteiger partial charge in [-0.15, -0.1) is 0 Å². The lowest BCUT2D eigenvalue weighted by molar-refractivity contribution is 0.385. The number of ether oxygens (including phenoxy) is 1. The molecule has 0 saturated carbocycles. The Labute approximate surface area is 125 Å². The number of aryl methyl sites for hydroxylation is 1. The number of halogens is 4. The molecule has 0 unspecified atom stereocenters. The number of aromatic nitrogens is 1. The van der Waals surface area contributed by atoms with Crippen LogP contribution in [-0.4, -0.2) is 4.98 Å². The maximum atomic E-state index is 13.6. The Morgan fingerprint density at radius 3 is 2.38 bits per heavy atom. The monoisotopic (exact) mass is 315 g/mol. The molecule has 0 radical (unpaired) electrons. The fraction of sp³-hybridized carbons (Fsp3) is 0.267. The lowest BCUT2D eigenvalue weighted by Crippen LogP contribution is -2.00. The predicted molar refractivity (Wildman–Crippen MR) is 74.5 cm³/mol. The fourth-order valence-corrected chi connectivity index (χ4v) is 2.26. The summed E-state index contributed by atoms with van der Waals surface area (Å²) in [5, 5.41) is 0.563. The molecule has 0 aliphatic rings. The van der Waals surface area contributed by atoms with E-state index in [9.17, 15) is 13.2 Å². The van der Waals surface area contributed by atoms with Gasteiger partial charge in [0.2, 0.25) is 0 Å². The topological polar surface area (TPSA) is 22.1 Å². The van der Waals surface area contributed by atoms with Crippen LogP contribution >= 0.6 is 11.6 Å². The Morgan fingerprint density at radius 2 is 1.76 bits per heavy atom. The highest BCUT2D eigenvalue weighted by molar-refractivity contribution is 6.31. The number of benzene rings is 1. The van der Waals surface area contributed by atoms with Crippen LogP contribution in [0.15, 0.2) is 18.2 Å². The number of rotatable bonds is 3. The lowest BCUT2D eigenvalue weighted by atomic mass is 10.0. The second-order valence-corrected chi connectivity index (χ2v) is 5.35. The summed E-state index contributed by atoms with van der Waals surface area (Å²) in [7, 11) is 0. The number of hydrogen-bond donors (Lipinski definition) is 0. The molecule has 2 rings (SSSR count). The fourth-order valence-electron chi connectivity index (χ4n) is 1.83. The molecule has 112 valence electrons. The van der Waals surface area contributed by atoms with Crippen LogP contribution in [0.3, 0.4) is 0 Å². The molecule has 2 aromatic rings. The van der Waals surface area contributed by atoms with Crippen LogP contribution in [-0.2, 0) is 0 Å². The third-order valence-corrected chi connectivity index (χ3v) is 3.30. The molecule has 1 aromatic carbocycles. The SMILES string of the molecule is Cc1cc(Cl)c(C(C)C)cc1Oc1nc(F)c(F)cc1F. The van der Waals surface area contributed by atoms with E-state index in [1.165, 1.54) is 0 Å². The second kappa shape index (κ2) is 5.93. The van der Waals surface area contributed by atoms with Crippen molar-refractivity contribution in [3.63, 3.8) is 0 Å². The smallest absolute Gasteiger partial charge is 0.258 e. The van der Waals surface area contributed by atoms with Gasteiger partial charge in [-0.05, 0) is 36.1 Å². The van der Waals surface area contributed by atoms with E-state index in [1.807, 2.05) is 13.8 Å². The molecule has 0 aliphatic carbocycles. The van der Waals surface area contributed by atoms with Gasteiger partial charge >= 0.3 is 0 Å². The van der Waals surface area contributed by atoms with Crippen molar-refractivity contribution in [2.45, 2.75) is 26.7 Å². The van der Waals surface area contributed by atoms with Crippen molar-refractivity contribution in [1.29, 1.82) is 0 Å². The van der Waals surface area contributed by atoms with Crippen LogP contribution < -0.4 is 4.74 Å². The van der Waals surface area contributed by atoms with E-state index < -0.39 is 23.5 Å². The standard InChI is InChI=1S/C15H13ClF3NO/c1-7(2)9-5-13(8(3)4-10(9)16)21-15-12(18)6-11(17)14(19)20-15/h4-7H,1-3H3. The summed E-state index contributed by atoms with van der Waals surface area (Å²) in [4.78, 5) is 3.13. The summed E-state index contributed by atoms with van der Waals surface area (Å²) in [6.07, 6.45) is 0. The van der Waals surface area contributed by atoms with E-state index in [4.69, 9.17) is 16.3 Å². The van der Waals surface area contributed by atoms with E-state index in [0.29, 0.717) is 22.4 Å². The summed E-state index contributed by atoms with van der Waals surface area (Å²) in [6, 6.07) is 3.71. The minimum absolute atomic E-state index is 0.128. The van der Waals surface area contributed by atoms with Gasteiger partial charge in [-0.3, -0.25) is 0 Å². The molecule has 0 aliphatic heterocycles. The van der Waals surface area contributed by atoms with E-state index in [2.05, 4.69) is 4.98 Å². The zero-order chi connectivity index (χ0) is 15.7. The molecule has 1 heterocycles. The highest BCUT2D eigenvalue weighted by Gasteiger charge is 2.16. The van der Waals surface area contributed by atoms with Gasteiger partial charge in [-0.25, -0.2) is 8.78 Å². The maximum absolute atomic E-state index is 13.6. The Hall–Kier alpha value is -1.75. The van der Waals surface area contributed by atoms with Gasteiger partial charge in [-0.1, -0.05) is 25.4 Å². The van der Waals surface area contributed by atoms with Crippen molar-refractivity contribution in [1.82, 2.24) is 4.98 Å². The molecule has 6 heteroatoms. The zero-order valence-corrected chi connectivity index (χ0v) is 12.4. The minimum Gasteiger partial charge on any atom is -0.436 e. The van der Waals surface area contributed by atoms with Crippen LogP contribution in [0.2, 0.25) is 5.02 Å². The number of nitrogens with zero attached hydrogens (tertiary/aromatic N) is 1. The molecule has 0 N–H and O–H groups in total. The Kier molecular flexibility index (Phi) is 4.42. The number of pyridine rings is 1. The van der Waals surface area contributed by atoms with Gasteiger partial charge < -0.3 is 4.74 Å². The molecular weight excluding hydrogens is 303 g/mol. The van der Waals surface area contributed by atoms with Gasteiger partial charge in [0, 0.05) is 11.1 Å². The van der Waals surface area contributed by atoms with E-state index in [0.717, 1.165) is 5.56 Å². The molecule has 21 heavy (non-hydrogen) atoms. The van der Waals surface area contributed by atoms with Crippen molar-refractivity contribution in [2.75, 3.05) is 0 Å². The van der Waals surface area contributed by atoms with Crippen LogP contribution in [0, 0.1) is 24.5 Å². The summed E-state index contributed by atoms with van der Waals surface area (Å²) in [5.41, 5.74) is 1.44. The largest absolute Gasteiger partial charge is 0.436 e. The minimum atomic E-state index is -1.41. The van der Waals surface area contributed by atoms with Gasteiger partial charge in [0.1, 0.15) is 5.75 Å². The summed E-state index contributed by atoms with van der Waals surface area (Å²) in [5.74, 6) is -4.05. The Bertz CT molecular complexity index is 689. The first-order chi connectivity index (χ1) is 9.79. The summed E-state index contributed by atoms with van der Waals surface area (Å²) in [6.45, 7) is 5.59. The van der Waals surface area contributed by atoms with Gasteiger partial charge in [-0.2, -0.15) is 9.37 Å². The number of hydrogen-bond acceptors (Lipinski definition) is 2. The van der Waals surface area contributed by atoms with Crippen molar-refractivity contribution in [3.05, 3.63) is 51.9 Å². The second-order valence-electron chi connectivity index (χ2n) is 4.94. The molecule has 0 fully saturated rings. The van der Waals surface area contributed by atoms with Crippen molar-refractivity contribution < 1.29 is 17.9 Å². The van der Waals surface area contributed by atoms with Crippen LogP contribution in [0.5, 0.6) is 11.6 Å². The molecule has 0 spiro atoms. The Balaban J connectivity index is 2.44. The molecule has 1 aromatic heterocycles. The average Bonchev–Trinajstić information content (AvgIpc) is 2.38. The third-order valence-electron chi connectivity index (χ3n) is 2.98. The predicted octanol–water partition coefficient (Wildman–Crippen LogP) is 5.38. The van der Waals surface area contributed by atoms with E-state index in [-0.39, 0.29) is 5.92 Å². The molecule has 0 bridgehead atoms. The first-order valence-electron chi connectivity index (χ1n) is 6.29. The summed E-state index contributed by atoms with van der Waals surface area (Å²) < 4.78 is 44.8. The molecular formula is C15H13ClF3NO. The average molecular weight is 316 g/mol. The molecule has 2 nitrogen and oxygen atoms in total. The molecule has 0 amide bonds. The Morgan fingerprint density at radius 1 is 1.10 bits per heavy atom. The van der Waals surface area contributed by atoms with Crippen LogP contribution in [0.25, 0.3) is 0 Å². The van der Waals surface area contributed by atoms with Gasteiger partial charge in [0.25, 0.3) is 11.8 Å². The first-order valence-corrected chi connectivity index (χ1v) is 6.66. The summed E-state index contributed by atoms with van der Waals surface area (Å²) >= 11 is 6.12. The van der Waals surface area contributed by atoms with E-state index in [1.54, 1.807) is 19.1 Å².